The molecule has 1 N–H and O–H groups in total. The van der Waals surface area contributed by atoms with Crippen molar-refractivity contribution < 1.29 is 14.3 Å². The first kappa shape index (κ1) is 18.5. The average Bonchev–Trinajstić information content (AvgIpc) is 3.19. The lowest BCUT2D eigenvalue weighted by Gasteiger charge is -2.11. The highest BCUT2D eigenvalue weighted by atomic mass is 32.2. The number of ether oxygens (including phenoxy) is 2. The van der Waals surface area contributed by atoms with Crippen molar-refractivity contribution in [3.8, 4) is 22.8 Å². The normalized spacial score (nSPS) is 14.2. The van der Waals surface area contributed by atoms with E-state index >= 15 is 0 Å². The molecule has 1 heterocycles. The van der Waals surface area contributed by atoms with Crippen molar-refractivity contribution in [3.63, 3.8) is 0 Å². The van der Waals surface area contributed by atoms with Crippen molar-refractivity contribution in [1.29, 1.82) is 0 Å². The molecule has 1 aromatic heterocycles. The molecule has 26 heavy (non-hydrogen) atoms. The molecule has 1 amide bonds. The van der Waals surface area contributed by atoms with E-state index in [0.717, 1.165) is 29.2 Å². The van der Waals surface area contributed by atoms with Gasteiger partial charge >= 0.3 is 0 Å². The second-order valence-corrected chi connectivity index (χ2v) is 7.16. The molecule has 0 atom stereocenters. The standard InChI is InChI=1S/C19H23N3O3S/c1-24-14-7-9-17(25-2)15(11-14)16-8-10-19(22-21-16)26-12-18(23)20-13-5-3-4-6-13/h7-11,13H,3-6,12H2,1-2H3,(H,20,23). The Morgan fingerprint density at radius 1 is 1.15 bits per heavy atom. The Morgan fingerprint density at radius 2 is 1.96 bits per heavy atom. The van der Waals surface area contributed by atoms with Crippen LogP contribution in [0.5, 0.6) is 11.5 Å². The minimum absolute atomic E-state index is 0.0576. The molecule has 0 saturated heterocycles. The SMILES string of the molecule is COc1ccc(OC)c(-c2ccc(SCC(=O)NC3CCCC3)nn2)c1. The van der Waals surface area contributed by atoms with Crippen molar-refractivity contribution in [1.82, 2.24) is 15.5 Å². The van der Waals surface area contributed by atoms with Crippen LogP contribution in [0.2, 0.25) is 0 Å². The van der Waals surface area contributed by atoms with Gasteiger partial charge < -0.3 is 14.8 Å². The molecule has 0 unspecified atom stereocenters. The maximum Gasteiger partial charge on any atom is 0.230 e. The summed E-state index contributed by atoms with van der Waals surface area (Å²) >= 11 is 1.39. The zero-order chi connectivity index (χ0) is 18.4. The maximum absolute atomic E-state index is 12.0. The predicted molar refractivity (Wildman–Crippen MR) is 102 cm³/mol. The van der Waals surface area contributed by atoms with Gasteiger partial charge in [-0.05, 0) is 43.2 Å². The number of rotatable bonds is 7. The van der Waals surface area contributed by atoms with Crippen molar-refractivity contribution in [2.24, 2.45) is 0 Å². The van der Waals surface area contributed by atoms with Gasteiger partial charge in [-0.3, -0.25) is 4.79 Å². The van der Waals surface area contributed by atoms with Crippen LogP contribution in [0.4, 0.5) is 0 Å². The number of hydrogen-bond acceptors (Lipinski definition) is 6. The lowest BCUT2D eigenvalue weighted by molar-refractivity contribution is -0.119. The molecule has 6 nitrogen and oxygen atoms in total. The minimum Gasteiger partial charge on any atom is -0.497 e. The number of nitrogens with one attached hydrogen (secondary N) is 1. The molecular formula is C19H23N3O3S. The van der Waals surface area contributed by atoms with E-state index in [1.807, 2.05) is 30.3 Å². The first-order chi connectivity index (χ1) is 12.7. The Kier molecular flexibility index (Phi) is 6.33. The number of methoxy groups -OCH3 is 2. The lowest BCUT2D eigenvalue weighted by Crippen LogP contribution is -2.33. The van der Waals surface area contributed by atoms with Gasteiger partial charge in [-0.25, -0.2) is 0 Å². The summed E-state index contributed by atoms with van der Waals surface area (Å²) in [5.41, 5.74) is 1.51. The average molecular weight is 373 g/mol. The van der Waals surface area contributed by atoms with Crippen LogP contribution in [0, 0.1) is 0 Å². The van der Waals surface area contributed by atoms with E-state index in [-0.39, 0.29) is 5.91 Å². The number of thioether (sulfide) groups is 1. The van der Waals surface area contributed by atoms with Crippen molar-refractivity contribution in [3.05, 3.63) is 30.3 Å². The summed E-state index contributed by atoms with van der Waals surface area (Å²) in [6, 6.07) is 9.63. The van der Waals surface area contributed by atoms with Gasteiger partial charge in [0.15, 0.2) is 0 Å². The molecule has 138 valence electrons. The van der Waals surface area contributed by atoms with Crippen molar-refractivity contribution in [2.75, 3.05) is 20.0 Å². The highest BCUT2D eigenvalue weighted by Crippen LogP contribution is 2.32. The molecule has 0 radical (unpaired) electrons. The quantitative estimate of drug-likeness (QED) is 0.751. The minimum atomic E-state index is 0.0576. The zero-order valence-electron chi connectivity index (χ0n) is 15.0. The summed E-state index contributed by atoms with van der Waals surface area (Å²) < 4.78 is 10.7. The van der Waals surface area contributed by atoms with Crippen LogP contribution in [0.3, 0.4) is 0 Å². The van der Waals surface area contributed by atoms with E-state index in [0.29, 0.717) is 23.2 Å². The number of amides is 1. The van der Waals surface area contributed by atoms with E-state index in [9.17, 15) is 4.79 Å². The number of nitrogens with zero attached hydrogens (tertiary/aromatic N) is 2. The third-order valence-corrected chi connectivity index (χ3v) is 5.31. The first-order valence-corrected chi connectivity index (χ1v) is 9.66. The Hall–Kier alpha value is -2.28. The van der Waals surface area contributed by atoms with E-state index in [1.165, 1.54) is 24.6 Å². The molecule has 1 aliphatic rings. The second kappa shape index (κ2) is 8.89. The molecule has 0 spiro atoms. The van der Waals surface area contributed by atoms with Gasteiger partial charge in [0.05, 0.1) is 25.7 Å². The number of aromatic nitrogens is 2. The van der Waals surface area contributed by atoms with E-state index in [1.54, 1.807) is 14.2 Å². The molecule has 1 saturated carbocycles. The van der Waals surface area contributed by atoms with Gasteiger partial charge in [-0.2, -0.15) is 0 Å². The molecule has 0 aliphatic heterocycles. The summed E-state index contributed by atoms with van der Waals surface area (Å²) in [4.78, 5) is 12.0. The van der Waals surface area contributed by atoms with Crippen LogP contribution in [0.25, 0.3) is 11.3 Å². The summed E-state index contributed by atoms with van der Waals surface area (Å²) in [7, 11) is 3.24. The van der Waals surface area contributed by atoms with Gasteiger partial charge in [-0.1, -0.05) is 24.6 Å². The van der Waals surface area contributed by atoms with Gasteiger partial charge in [0, 0.05) is 11.6 Å². The second-order valence-electron chi connectivity index (χ2n) is 6.16. The number of carbonyl (C=O) groups is 1. The largest absolute Gasteiger partial charge is 0.497 e. The topological polar surface area (TPSA) is 73.3 Å². The smallest absolute Gasteiger partial charge is 0.230 e. The Morgan fingerprint density at radius 3 is 2.62 bits per heavy atom. The molecule has 3 rings (SSSR count). The lowest BCUT2D eigenvalue weighted by atomic mass is 10.1. The highest BCUT2D eigenvalue weighted by Gasteiger charge is 2.17. The summed E-state index contributed by atoms with van der Waals surface area (Å²) in [6.45, 7) is 0. The van der Waals surface area contributed by atoms with Gasteiger partial charge in [0.2, 0.25) is 5.91 Å². The molecule has 7 heteroatoms. The van der Waals surface area contributed by atoms with Crippen molar-refractivity contribution in [2.45, 2.75) is 36.8 Å². The molecule has 2 aromatic rings. The van der Waals surface area contributed by atoms with Crippen LogP contribution < -0.4 is 14.8 Å². The number of hydrogen-bond donors (Lipinski definition) is 1. The number of benzene rings is 1. The molecule has 1 aromatic carbocycles. The van der Waals surface area contributed by atoms with E-state index in [2.05, 4.69) is 15.5 Å². The fourth-order valence-electron chi connectivity index (χ4n) is 3.03. The third kappa shape index (κ3) is 4.66. The predicted octanol–water partition coefficient (Wildman–Crippen LogP) is 3.31. The Bertz CT molecular complexity index is 746. The van der Waals surface area contributed by atoms with Crippen LogP contribution in [0.1, 0.15) is 25.7 Å². The monoisotopic (exact) mass is 373 g/mol. The molecular weight excluding hydrogens is 350 g/mol. The number of carbonyl (C=O) groups excluding carboxylic acids is 1. The third-order valence-electron chi connectivity index (χ3n) is 4.39. The van der Waals surface area contributed by atoms with Gasteiger partial charge in [0.1, 0.15) is 16.5 Å². The van der Waals surface area contributed by atoms with Crippen LogP contribution in [0.15, 0.2) is 35.4 Å². The maximum atomic E-state index is 12.0. The summed E-state index contributed by atoms with van der Waals surface area (Å²) in [5, 5.41) is 12.3. The molecule has 1 fully saturated rings. The molecule has 0 bridgehead atoms. The first-order valence-electron chi connectivity index (χ1n) is 8.68. The fraction of sp³-hybridized carbons (Fsp3) is 0.421. The van der Waals surface area contributed by atoms with E-state index in [4.69, 9.17) is 9.47 Å². The Balaban J connectivity index is 1.62. The van der Waals surface area contributed by atoms with Crippen LogP contribution >= 0.6 is 11.8 Å². The van der Waals surface area contributed by atoms with Gasteiger partial charge in [-0.15, -0.1) is 10.2 Å². The summed E-state index contributed by atoms with van der Waals surface area (Å²) in [5.74, 6) is 1.84. The fourth-order valence-corrected chi connectivity index (χ4v) is 3.66. The summed E-state index contributed by atoms with van der Waals surface area (Å²) in [6.07, 6.45) is 4.60. The Labute approximate surface area is 157 Å². The van der Waals surface area contributed by atoms with Crippen LogP contribution in [-0.2, 0) is 4.79 Å². The van der Waals surface area contributed by atoms with E-state index < -0.39 is 0 Å². The van der Waals surface area contributed by atoms with Crippen molar-refractivity contribution >= 4 is 17.7 Å². The molecule has 1 aliphatic carbocycles. The highest BCUT2D eigenvalue weighted by molar-refractivity contribution is 7.99. The van der Waals surface area contributed by atoms with Gasteiger partial charge in [0.25, 0.3) is 0 Å². The van der Waals surface area contributed by atoms with Crippen LogP contribution in [-0.4, -0.2) is 42.1 Å². The zero-order valence-corrected chi connectivity index (χ0v) is 15.8.